The summed E-state index contributed by atoms with van der Waals surface area (Å²) < 4.78 is 21.0. The van der Waals surface area contributed by atoms with Crippen LogP contribution < -0.4 is 20.7 Å². The van der Waals surface area contributed by atoms with Gasteiger partial charge in [-0.25, -0.2) is 9.37 Å². The number of aryl methyl sites for hydroxylation is 1. The Morgan fingerprint density at radius 2 is 2.12 bits per heavy atom. The molecule has 2 aromatic heterocycles. The number of fused-ring (bicyclic) bond motifs is 2. The highest BCUT2D eigenvalue weighted by molar-refractivity contribution is 7.21. The number of amides is 1. The molecule has 1 fully saturated rings. The Balaban J connectivity index is 1.37. The number of hydrogen-bond acceptors (Lipinski definition) is 7. The van der Waals surface area contributed by atoms with E-state index in [1.807, 2.05) is 25.1 Å². The highest BCUT2D eigenvalue weighted by Gasteiger charge is 2.31. The van der Waals surface area contributed by atoms with Crippen LogP contribution in [0.4, 0.5) is 15.8 Å². The molecule has 3 aromatic rings. The van der Waals surface area contributed by atoms with Gasteiger partial charge < -0.3 is 25.6 Å². The number of anilines is 2. The molecule has 0 spiro atoms. The van der Waals surface area contributed by atoms with Gasteiger partial charge in [0.05, 0.1) is 11.7 Å². The number of hydrogen-bond donors (Lipinski definition) is 2. The van der Waals surface area contributed by atoms with E-state index in [9.17, 15) is 4.79 Å². The molecule has 1 amide bonds. The van der Waals surface area contributed by atoms with Gasteiger partial charge in [0.1, 0.15) is 27.9 Å². The standard InChI is InChI=1S/C23H26FN5O2S/c1-13-3-4-16-20(25)21(32-22(16)27-13)23(30)28(2)15-9-17-18(24)10-14(11-19(17)31-12-15)29-7-5-26-6-8-29/h3-4,10-11,15,26H,5-9,12,25H2,1-2H3/t15-/m1/s1. The first-order valence-electron chi connectivity index (χ1n) is 10.8. The maximum Gasteiger partial charge on any atom is 0.266 e. The van der Waals surface area contributed by atoms with Crippen molar-refractivity contribution in [2.45, 2.75) is 19.4 Å². The van der Waals surface area contributed by atoms with Gasteiger partial charge in [-0.3, -0.25) is 4.79 Å². The number of carbonyl (C=O) groups excluding carboxylic acids is 1. The van der Waals surface area contributed by atoms with E-state index in [0.29, 0.717) is 34.9 Å². The first-order valence-corrected chi connectivity index (χ1v) is 11.6. The summed E-state index contributed by atoms with van der Waals surface area (Å²) in [5, 5.41) is 4.09. The lowest BCUT2D eigenvalue weighted by Crippen LogP contribution is -2.45. The van der Waals surface area contributed by atoms with Gasteiger partial charge in [0, 0.05) is 68.0 Å². The third-order valence-corrected chi connectivity index (χ3v) is 7.39. The van der Waals surface area contributed by atoms with Crippen molar-refractivity contribution < 1.29 is 13.9 Å². The van der Waals surface area contributed by atoms with E-state index in [0.717, 1.165) is 47.8 Å². The van der Waals surface area contributed by atoms with Gasteiger partial charge in [-0.15, -0.1) is 11.3 Å². The number of nitrogens with two attached hydrogens (primary N) is 1. The Morgan fingerprint density at radius 3 is 2.91 bits per heavy atom. The minimum absolute atomic E-state index is 0.196. The zero-order chi connectivity index (χ0) is 22.4. The fourth-order valence-electron chi connectivity index (χ4n) is 4.33. The molecule has 168 valence electrons. The second kappa shape index (κ2) is 8.22. The van der Waals surface area contributed by atoms with Gasteiger partial charge in [-0.05, 0) is 25.1 Å². The molecule has 3 N–H and O–H groups in total. The predicted octanol–water partition coefficient (Wildman–Crippen LogP) is 2.81. The fourth-order valence-corrected chi connectivity index (χ4v) is 5.46. The van der Waals surface area contributed by atoms with Gasteiger partial charge in [-0.2, -0.15) is 0 Å². The molecule has 0 aliphatic carbocycles. The number of ether oxygens (including phenoxy) is 1. The Labute approximate surface area is 190 Å². The molecule has 4 heterocycles. The summed E-state index contributed by atoms with van der Waals surface area (Å²) in [7, 11) is 1.72. The highest BCUT2D eigenvalue weighted by atomic mass is 32.1. The first-order chi connectivity index (χ1) is 15.4. The van der Waals surface area contributed by atoms with Crippen LogP contribution in [0.2, 0.25) is 0 Å². The number of nitrogens with one attached hydrogen (secondary N) is 1. The molecule has 0 unspecified atom stereocenters. The number of benzene rings is 1. The van der Waals surface area contributed by atoms with Crippen LogP contribution in [0.25, 0.3) is 10.2 Å². The molecular formula is C23H26FN5O2S. The number of nitrogens with zero attached hydrogens (tertiary/aromatic N) is 3. The number of halogens is 1. The van der Waals surface area contributed by atoms with Crippen molar-refractivity contribution in [3.8, 4) is 5.75 Å². The third kappa shape index (κ3) is 3.65. The van der Waals surface area contributed by atoms with Gasteiger partial charge in [-0.1, -0.05) is 0 Å². The molecule has 1 aromatic carbocycles. The van der Waals surface area contributed by atoms with Crippen LogP contribution in [0.3, 0.4) is 0 Å². The number of carbonyl (C=O) groups is 1. The van der Waals surface area contributed by atoms with Crippen molar-refractivity contribution in [1.82, 2.24) is 15.2 Å². The Hall–Kier alpha value is -2.91. The number of piperazine rings is 1. The topological polar surface area (TPSA) is 83.7 Å². The van der Waals surface area contributed by atoms with E-state index in [4.69, 9.17) is 10.5 Å². The monoisotopic (exact) mass is 455 g/mol. The third-order valence-electron chi connectivity index (χ3n) is 6.29. The lowest BCUT2D eigenvalue weighted by Gasteiger charge is -2.34. The molecule has 9 heteroatoms. The van der Waals surface area contributed by atoms with E-state index >= 15 is 4.39 Å². The van der Waals surface area contributed by atoms with E-state index in [2.05, 4.69) is 15.2 Å². The minimum Gasteiger partial charge on any atom is -0.491 e. The molecule has 2 aliphatic rings. The maximum atomic E-state index is 15.0. The Bertz CT molecular complexity index is 1190. The summed E-state index contributed by atoms with van der Waals surface area (Å²) >= 11 is 1.29. The van der Waals surface area contributed by atoms with Crippen LogP contribution in [-0.4, -0.2) is 61.7 Å². The quantitative estimate of drug-likeness (QED) is 0.632. The largest absolute Gasteiger partial charge is 0.491 e. The summed E-state index contributed by atoms with van der Waals surface area (Å²) in [6, 6.07) is 6.99. The molecule has 7 nitrogen and oxygen atoms in total. The van der Waals surface area contributed by atoms with Crippen LogP contribution in [0.5, 0.6) is 5.75 Å². The number of aromatic nitrogens is 1. The van der Waals surface area contributed by atoms with Gasteiger partial charge in [0.25, 0.3) is 5.91 Å². The summed E-state index contributed by atoms with van der Waals surface area (Å²) in [5.74, 6) is 0.0809. The minimum atomic E-state index is -0.289. The summed E-state index contributed by atoms with van der Waals surface area (Å²) in [6.45, 7) is 5.64. The highest BCUT2D eigenvalue weighted by Crippen LogP contribution is 2.36. The van der Waals surface area contributed by atoms with Crippen LogP contribution in [0.1, 0.15) is 20.9 Å². The molecule has 0 radical (unpaired) electrons. The van der Waals surface area contributed by atoms with Crippen LogP contribution in [0, 0.1) is 12.7 Å². The average molecular weight is 456 g/mol. The molecule has 0 bridgehead atoms. The second-order valence-corrected chi connectivity index (χ2v) is 9.38. The Kier molecular flexibility index (Phi) is 5.38. The van der Waals surface area contributed by atoms with E-state index < -0.39 is 0 Å². The van der Waals surface area contributed by atoms with Crippen LogP contribution in [0.15, 0.2) is 24.3 Å². The zero-order valence-electron chi connectivity index (χ0n) is 18.2. The second-order valence-electron chi connectivity index (χ2n) is 8.38. The molecule has 5 rings (SSSR count). The zero-order valence-corrected chi connectivity index (χ0v) is 19.0. The molecule has 1 atom stereocenters. The van der Waals surface area contributed by atoms with Crippen LogP contribution >= 0.6 is 11.3 Å². The van der Waals surface area contributed by atoms with Crippen molar-refractivity contribution in [3.05, 3.63) is 46.2 Å². The lowest BCUT2D eigenvalue weighted by atomic mass is 10.00. The van der Waals surface area contributed by atoms with Gasteiger partial charge in [0.2, 0.25) is 0 Å². The maximum absolute atomic E-state index is 15.0. The SMILES string of the molecule is Cc1ccc2c(N)c(C(=O)N(C)[C@H]3COc4cc(N5CCNCC5)cc(F)c4C3)sc2n1. The molecule has 32 heavy (non-hydrogen) atoms. The molecule has 1 saturated heterocycles. The molecular weight excluding hydrogens is 429 g/mol. The van der Waals surface area contributed by atoms with Crippen molar-refractivity contribution in [1.29, 1.82) is 0 Å². The van der Waals surface area contributed by atoms with E-state index in [1.54, 1.807) is 18.0 Å². The van der Waals surface area contributed by atoms with Crippen molar-refractivity contribution in [3.63, 3.8) is 0 Å². The number of thiophene rings is 1. The first kappa shape index (κ1) is 21.0. The van der Waals surface area contributed by atoms with Crippen molar-refractivity contribution in [2.24, 2.45) is 0 Å². The van der Waals surface area contributed by atoms with Crippen LogP contribution in [-0.2, 0) is 6.42 Å². The molecule has 2 aliphatic heterocycles. The van der Waals surface area contributed by atoms with Crippen molar-refractivity contribution >= 4 is 38.8 Å². The smallest absolute Gasteiger partial charge is 0.266 e. The fraction of sp³-hybridized carbons (Fsp3) is 0.391. The predicted molar refractivity (Wildman–Crippen MR) is 125 cm³/mol. The summed E-state index contributed by atoms with van der Waals surface area (Å²) in [6.07, 6.45) is 0.396. The average Bonchev–Trinajstić information content (AvgIpc) is 3.13. The number of nitrogen functional groups attached to an aromatic ring is 1. The normalized spacial score (nSPS) is 18.3. The number of likely N-dealkylation sites (N-methyl/N-ethyl adjacent to an activating group) is 1. The Morgan fingerprint density at radius 1 is 1.34 bits per heavy atom. The summed E-state index contributed by atoms with van der Waals surface area (Å²) in [4.78, 5) is 22.7. The molecule has 0 saturated carbocycles. The number of rotatable bonds is 3. The van der Waals surface area contributed by atoms with E-state index in [1.165, 1.54) is 11.3 Å². The van der Waals surface area contributed by atoms with Crippen molar-refractivity contribution in [2.75, 3.05) is 50.5 Å². The lowest BCUT2D eigenvalue weighted by molar-refractivity contribution is 0.0658. The summed E-state index contributed by atoms with van der Waals surface area (Å²) in [5.41, 5.74) is 8.94. The van der Waals surface area contributed by atoms with Gasteiger partial charge >= 0.3 is 0 Å². The van der Waals surface area contributed by atoms with Gasteiger partial charge in [0.15, 0.2) is 0 Å². The number of pyridine rings is 1. The van der Waals surface area contributed by atoms with E-state index in [-0.39, 0.29) is 17.8 Å².